The maximum absolute atomic E-state index is 13.2. The normalized spacial score (nSPS) is 16.3. The Bertz CT molecular complexity index is 745. The number of aldehydes is 1. The number of ether oxygens (including phenoxy) is 2. The molecule has 1 heterocycles. The van der Waals surface area contributed by atoms with E-state index in [2.05, 4.69) is 0 Å². The molecule has 0 saturated carbocycles. The number of hydrogen-bond donors (Lipinski definition) is 0. The number of esters is 1. The number of anilines is 2. The highest BCUT2D eigenvalue weighted by molar-refractivity contribution is 5.92. The molecule has 0 saturated heterocycles. The fraction of sp³-hybridized carbons (Fsp3) is 0.176. The van der Waals surface area contributed by atoms with E-state index in [9.17, 15) is 14.0 Å². The van der Waals surface area contributed by atoms with Gasteiger partial charge < -0.3 is 19.2 Å². The lowest BCUT2D eigenvalue weighted by Gasteiger charge is -2.36. The summed E-state index contributed by atoms with van der Waals surface area (Å²) >= 11 is 0. The smallest absolute Gasteiger partial charge is 0.337 e. The van der Waals surface area contributed by atoms with Crippen molar-refractivity contribution in [3.8, 4) is 5.75 Å². The van der Waals surface area contributed by atoms with Gasteiger partial charge in [0, 0.05) is 5.69 Å². The number of hydrogen-bond acceptors (Lipinski definition) is 5. The van der Waals surface area contributed by atoms with E-state index in [-0.39, 0.29) is 12.4 Å². The first-order valence-electron chi connectivity index (χ1n) is 6.99. The zero-order chi connectivity index (χ0) is 16.4. The third-order valence-corrected chi connectivity index (χ3v) is 3.64. The third kappa shape index (κ3) is 2.75. The number of fused-ring (bicyclic) bond motifs is 1. The molecule has 0 aliphatic carbocycles. The van der Waals surface area contributed by atoms with Crippen molar-refractivity contribution in [3.05, 3.63) is 53.8 Å². The fourth-order valence-electron chi connectivity index (χ4n) is 2.53. The number of methoxy groups -OCH3 is 1. The molecule has 0 amide bonds. The Morgan fingerprint density at radius 3 is 2.70 bits per heavy atom. The van der Waals surface area contributed by atoms with Gasteiger partial charge in [0.1, 0.15) is 30.5 Å². The molecule has 2 aromatic rings. The van der Waals surface area contributed by atoms with Crippen molar-refractivity contribution in [2.24, 2.45) is 0 Å². The quantitative estimate of drug-likeness (QED) is 0.644. The second-order valence-electron chi connectivity index (χ2n) is 5.03. The summed E-state index contributed by atoms with van der Waals surface area (Å²) in [5, 5.41) is 0. The summed E-state index contributed by atoms with van der Waals surface area (Å²) < 4.78 is 23.5. The third-order valence-electron chi connectivity index (χ3n) is 3.64. The van der Waals surface area contributed by atoms with Gasteiger partial charge in [0.25, 0.3) is 0 Å². The molecule has 1 unspecified atom stereocenters. The Morgan fingerprint density at radius 2 is 2.04 bits per heavy atom. The first-order chi connectivity index (χ1) is 11.1. The highest BCUT2D eigenvalue weighted by atomic mass is 19.1. The Hall–Kier alpha value is -2.89. The van der Waals surface area contributed by atoms with Crippen molar-refractivity contribution in [2.45, 2.75) is 6.04 Å². The summed E-state index contributed by atoms with van der Waals surface area (Å²) in [6.07, 6.45) is 0.761. The summed E-state index contributed by atoms with van der Waals surface area (Å²) in [6.45, 7) is 0.172. The molecule has 118 valence electrons. The van der Waals surface area contributed by atoms with Crippen molar-refractivity contribution in [1.29, 1.82) is 0 Å². The maximum atomic E-state index is 13.2. The molecule has 1 aliphatic rings. The van der Waals surface area contributed by atoms with Crippen LogP contribution in [0.2, 0.25) is 0 Å². The van der Waals surface area contributed by atoms with Crippen LogP contribution < -0.4 is 9.64 Å². The van der Waals surface area contributed by atoms with Gasteiger partial charge in [-0.15, -0.1) is 0 Å². The molecular formula is C17H14FNO4. The molecule has 5 nitrogen and oxygen atoms in total. The summed E-state index contributed by atoms with van der Waals surface area (Å²) in [5.74, 6) is -0.312. The van der Waals surface area contributed by atoms with Gasteiger partial charge in [-0.3, -0.25) is 0 Å². The Labute approximate surface area is 132 Å². The molecule has 23 heavy (non-hydrogen) atoms. The number of nitrogens with zero attached hydrogens (tertiary/aromatic N) is 1. The molecular weight excluding hydrogens is 301 g/mol. The number of benzene rings is 2. The van der Waals surface area contributed by atoms with E-state index in [1.54, 1.807) is 35.2 Å². The zero-order valence-electron chi connectivity index (χ0n) is 12.4. The molecule has 1 atom stereocenters. The van der Waals surface area contributed by atoms with Crippen LogP contribution in [0.4, 0.5) is 15.8 Å². The minimum Gasteiger partial charge on any atom is -0.489 e. The molecule has 1 aliphatic heterocycles. The van der Waals surface area contributed by atoms with Crippen LogP contribution in [0.15, 0.2) is 42.5 Å². The molecule has 0 spiro atoms. The van der Waals surface area contributed by atoms with Crippen LogP contribution in [-0.4, -0.2) is 32.0 Å². The summed E-state index contributed by atoms with van der Waals surface area (Å²) in [7, 11) is 1.30. The van der Waals surface area contributed by atoms with E-state index >= 15 is 0 Å². The Kier molecular flexibility index (Phi) is 3.97. The van der Waals surface area contributed by atoms with Gasteiger partial charge >= 0.3 is 5.97 Å². The Morgan fingerprint density at radius 1 is 1.30 bits per heavy atom. The van der Waals surface area contributed by atoms with E-state index < -0.39 is 12.0 Å². The SMILES string of the molecule is COC(=O)c1ccc2c(c1)N(c1ccc(F)cc1)C(C=O)CO2. The monoisotopic (exact) mass is 315 g/mol. The van der Waals surface area contributed by atoms with E-state index in [0.717, 1.165) is 6.29 Å². The molecule has 3 rings (SSSR count). The highest BCUT2D eigenvalue weighted by Gasteiger charge is 2.29. The van der Waals surface area contributed by atoms with Crippen LogP contribution in [0.3, 0.4) is 0 Å². The minimum atomic E-state index is -0.569. The summed E-state index contributed by atoms with van der Waals surface area (Å²) in [6, 6.07) is 10.1. The van der Waals surface area contributed by atoms with Gasteiger partial charge in [-0.05, 0) is 42.5 Å². The summed E-state index contributed by atoms with van der Waals surface area (Å²) in [4.78, 5) is 24.9. The van der Waals surface area contributed by atoms with Gasteiger partial charge in [-0.1, -0.05) is 0 Å². The fourth-order valence-corrected chi connectivity index (χ4v) is 2.53. The number of halogens is 1. The average molecular weight is 315 g/mol. The van der Waals surface area contributed by atoms with E-state index in [1.807, 2.05) is 0 Å². The van der Waals surface area contributed by atoms with E-state index in [4.69, 9.17) is 9.47 Å². The van der Waals surface area contributed by atoms with Crippen LogP contribution in [0.1, 0.15) is 10.4 Å². The molecule has 2 aromatic carbocycles. The molecule has 0 fully saturated rings. The van der Waals surface area contributed by atoms with Crippen molar-refractivity contribution >= 4 is 23.6 Å². The number of carbonyl (C=O) groups is 2. The van der Waals surface area contributed by atoms with Crippen molar-refractivity contribution in [2.75, 3.05) is 18.6 Å². The number of rotatable bonds is 3. The molecule has 0 radical (unpaired) electrons. The van der Waals surface area contributed by atoms with Crippen LogP contribution in [0.25, 0.3) is 0 Å². The van der Waals surface area contributed by atoms with Crippen LogP contribution in [0.5, 0.6) is 5.75 Å². The summed E-state index contributed by atoms with van der Waals surface area (Å²) in [5.41, 5.74) is 1.53. The molecule has 6 heteroatoms. The second kappa shape index (κ2) is 6.08. The molecule has 0 N–H and O–H groups in total. The van der Waals surface area contributed by atoms with Crippen LogP contribution in [0, 0.1) is 5.82 Å². The first kappa shape index (κ1) is 15.0. The average Bonchev–Trinajstić information content (AvgIpc) is 2.60. The lowest BCUT2D eigenvalue weighted by Crippen LogP contribution is -2.41. The predicted octanol–water partition coefficient (Wildman–Crippen LogP) is 2.71. The van der Waals surface area contributed by atoms with Crippen molar-refractivity contribution < 1.29 is 23.5 Å². The molecule has 0 aromatic heterocycles. The number of carbonyl (C=O) groups excluding carboxylic acids is 2. The first-order valence-corrected chi connectivity index (χ1v) is 6.99. The Balaban J connectivity index is 2.11. The lowest BCUT2D eigenvalue weighted by molar-refractivity contribution is -0.109. The van der Waals surface area contributed by atoms with Crippen molar-refractivity contribution in [3.63, 3.8) is 0 Å². The van der Waals surface area contributed by atoms with Crippen molar-refractivity contribution in [1.82, 2.24) is 0 Å². The van der Waals surface area contributed by atoms with E-state index in [1.165, 1.54) is 19.2 Å². The van der Waals surface area contributed by atoms with Gasteiger partial charge in [0.15, 0.2) is 0 Å². The second-order valence-corrected chi connectivity index (χ2v) is 5.03. The van der Waals surface area contributed by atoms with Crippen LogP contribution >= 0.6 is 0 Å². The zero-order valence-corrected chi connectivity index (χ0v) is 12.4. The molecule has 0 bridgehead atoms. The maximum Gasteiger partial charge on any atom is 0.337 e. The standard InChI is InChI=1S/C17H14FNO4/c1-22-17(21)11-2-7-16-15(8-11)19(14(9-20)10-23-16)13-5-3-12(18)4-6-13/h2-9,14H,10H2,1H3. The lowest BCUT2D eigenvalue weighted by atomic mass is 10.1. The largest absolute Gasteiger partial charge is 0.489 e. The van der Waals surface area contributed by atoms with E-state index in [0.29, 0.717) is 22.7 Å². The topological polar surface area (TPSA) is 55.8 Å². The van der Waals surface area contributed by atoms with Crippen LogP contribution in [-0.2, 0) is 9.53 Å². The van der Waals surface area contributed by atoms with Gasteiger partial charge in [0.05, 0.1) is 18.4 Å². The van der Waals surface area contributed by atoms with Gasteiger partial charge in [-0.2, -0.15) is 0 Å². The predicted molar refractivity (Wildman–Crippen MR) is 81.7 cm³/mol. The van der Waals surface area contributed by atoms with Gasteiger partial charge in [0.2, 0.25) is 0 Å². The highest BCUT2D eigenvalue weighted by Crippen LogP contribution is 2.39. The minimum absolute atomic E-state index is 0.172. The van der Waals surface area contributed by atoms with Gasteiger partial charge in [-0.25, -0.2) is 9.18 Å².